The van der Waals surface area contributed by atoms with Gasteiger partial charge in [0.25, 0.3) is 0 Å². The Bertz CT molecular complexity index is 286. The molecule has 0 fully saturated rings. The summed E-state index contributed by atoms with van der Waals surface area (Å²) in [6, 6.07) is 1.71. The molecule has 0 aromatic carbocycles. The van der Waals surface area contributed by atoms with Gasteiger partial charge in [0.15, 0.2) is 6.10 Å². The van der Waals surface area contributed by atoms with E-state index in [-0.39, 0.29) is 6.54 Å². The second kappa shape index (κ2) is 4.96. The zero-order chi connectivity index (χ0) is 11.5. The molecule has 0 amide bonds. The lowest BCUT2D eigenvalue weighted by Gasteiger charge is -2.22. The van der Waals surface area contributed by atoms with E-state index < -0.39 is 18.4 Å². The van der Waals surface area contributed by atoms with Crippen molar-refractivity contribution in [1.82, 2.24) is 0 Å². The average Bonchev–Trinajstić information content (AvgIpc) is 2.64. The molecule has 1 aromatic rings. The summed E-state index contributed by atoms with van der Waals surface area (Å²) in [7, 11) is 0. The van der Waals surface area contributed by atoms with Gasteiger partial charge in [-0.3, -0.25) is 0 Å². The summed E-state index contributed by atoms with van der Waals surface area (Å²) < 4.78 is 41.5. The predicted molar refractivity (Wildman–Crippen MR) is 52.7 cm³/mol. The number of hydrogen-bond donors (Lipinski definition) is 1. The van der Waals surface area contributed by atoms with Crippen molar-refractivity contribution in [2.45, 2.75) is 25.3 Å². The molecular formula is C9H12F3NOS. The Morgan fingerprint density at radius 3 is 2.60 bits per heavy atom. The maximum atomic E-state index is 12.2. The van der Waals surface area contributed by atoms with Crippen molar-refractivity contribution in [2.24, 2.45) is 5.73 Å². The summed E-state index contributed by atoms with van der Waals surface area (Å²) in [5.74, 6) is 0. The van der Waals surface area contributed by atoms with E-state index in [0.29, 0.717) is 5.56 Å². The minimum Gasteiger partial charge on any atom is -0.360 e. The van der Waals surface area contributed by atoms with Crippen LogP contribution < -0.4 is 5.73 Å². The number of rotatable bonds is 4. The molecule has 0 aliphatic rings. The highest BCUT2D eigenvalue weighted by atomic mass is 32.1. The zero-order valence-corrected chi connectivity index (χ0v) is 8.94. The lowest BCUT2D eigenvalue weighted by molar-refractivity contribution is -0.226. The van der Waals surface area contributed by atoms with Gasteiger partial charge in [-0.1, -0.05) is 0 Å². The summed E-state index contributed by atoms with van der Waals surface area (Å²) in [5, 5.41) is 3.51. The fraction of sp³-hybridized carbons (Fsp3) is 0.556. The Hall–Kier alpha value is -0.590. The highest BCUT2D eigenvalue weighted by Crippen LogP contribution is 2.28. The van der Waals surface area contributed by atoms with E-state index in [2.05, 4.69) is 0 Å². The molecule has 86 valence electrons. The van der Waals surface area contributed by atoms with Crippen molar-refractivity contribution in [3.8, 4) is 0 Å². The van der Waals surface area contributed by atoms with Crippen LogP contribution in [0.1, 0.15) is 18.6 Å². The molecular weight excluding hydrogens is 227 g/mol. The Morgan fingerprint density at radius 1 is 1.53 bits per heavy atom. The molecule has 0 saturated carbocycles. The van der Waals surface area contributed by atoms with Crippen LogP contribution in [-0.4, -0.2) is 18.8 Å². The first-order chi connectivity index (χ1) is 6.95. The first-order valence-electron chi connectivity index (χ1n) is 4.39. The largest absolute Gasteiger partial charge is 0.414 e. The molecule has 2 atom stereocenters. The Balaban J connectivity index is 2.63. The van der Waals surface area contributed by atoms with Crippen LogP contribution >= 0.6 is 11.3 Å². The van der Waals surface area contributed by atoms with Gasteiger partial charge in [0.2, 0.25) is 0 Å². The van der Waals surface area contributed by atoms with Crippen molar-refractivity contribution in [2.75, 3.05) is 6.54 Å². The van der Waals surface area contributed by atoms with Crippen LogP contribution in [0.2, 0.25) is 0 Å². The molecule has 2 unspecified atom stereocenters. The van der Waals surface area contributed by atoms with Crippen LogP contribution in [0.3, 0.4) is 0 Å². The Kier molecular flexibility index (Phi) is 4.12. The number of alkyl halides is 3. The van der Waals surface area contributed by atoms with E-state index in [1.54, 1.807) is 16.8 Å². The SMILES string of the molecule is CC(OC(CN)c1ccsc1)C(F)(F)F. The number of nitrogens with two attached hydrogens (primary N) is 1. The van der Waals surface area contributed by atoms with Crippen LogP contribution in [0.25, 0.3) is 0 Å². The van der Waals surface area contributed by atoms with E-state index in [1.807, 2.05) is 0 Å². The van der Waals surface area contributed by atoms with Gasteiger partial charge >= 0.3 is 6.18 Å². The highest BCUT2D eigenvalue weighted by molar-refractivity contribution is 7.07. The van der Waals surface area contributed by atoms with E-state index in [4.69, 9.17) is 10.5 Å². The third kappa shape index (κ3) is 3.48. The van der Waals surface area contributed by atoms with Crippen LogP contribution in [0.4, 0.5) is 13.2 Å². The lowest BCUT2D eigenvalue weighted by Crippen LogP contribution is -2.32. The number of halogens is 3. The van der Waals surface area contributed by atoms with Crippen molar-refractivity contribution < 1.29 is 17.9 Å². The summed E-state index contributed by atoms with van der Waals surface area (Å²) in [5.41, 5.74) is 6.06. The molecule has 15 heavy (non-hydrogen) atoms. The summed E-state index contributed by atoms with van der Waals surface area (Å²) in [6.45, 7) is 1.02. The highest BCUT2D eigenvalue weighted by Gasteiger charge is 2.38. The quantitative estimate of drug-likeness (QED) is 0.876. The molecule has 6 heteroatoms. The van der Waals surface area contributed by atoms with Crippen LogP contribution in [0, 0.1) is 0 Å². The Labute approximate surface area is 89.8 Å². The van der Waals surface area contributed by atoms with Gasteiger partial charge in [-0.05, 0) is 29.3 Å². The summed E-state index contributed by atoms with van der Waals surface area (Å²) >= 11 is 1.40. The molecule has 0 bridgehead atoms. The van der Waals surface area contributed by atoms with Crippen molar-refractivity contribution >= 4 is 11.3 Å². The van der Waals surface area contributed by atoms with Crippen LogP contribution in [0.5, 0.6) is 0 Å². The molecule has 1 heterocycles. The molecule has 1 aromatic heterocycles. The second-order valence-electron chi connectivity index (χ2n) is 3.10. The standard InChI is InChI=1S/C9H12F3NOS/c1-6(9(10,11)12)14-8(4-13)7-2-3-15-5-7/h2-3,5-6,8H,4,13H2,1H3. The van der Waals surface area contributed by atoms with Gasteiger partial charge in [-0.15, -0.1) is 0 Å². The van der Waals surface area contributed by atoms with E-state index >= 15 is 0 Å². The van der Waals surface area contributed by atoms with Crippen LogP contribution in [0.15, 0.2) is 16.8 Å². The lowest BCUT2D eigenvalue weighted by atomic mass is 10.2. The maximum Gasteiger partial charge on any atom is 0.414 e. The fourth-order valence-corrected chi connectivity index (χ4v) is 1.75. The number of hydrogen-bond acceptors (Lipinski definition) is 3. The molecule has 0 aliphatic heterocycles. The van der Waals surface area contributed by atoms with Gasteiger partial charge in [-0.25, -0.2) is 0 Å². The third-order valence-corrected chi connectivity index (χ3v) is 2.66. The molecule has 0 radical (unpaired) electrons. The van der Waals surface area contributed by atoms with E-state index in [9.17, 15) is 13.2 Å². The molecule has 2 nitrogen and oxygen atoms in total. The maximum absolute atomic E-state index is 12.2. The van der Waals surface area contributed by atoms with Gasteiger partial charge in [-0.2, -0.15) is 24.5 Å². The van der Waals surface area contributed by atoms with Crippen molar-refractivity contribution in [3.63, 3.8) is 0 Å². The van der Waals surface area contributed by atoms with Crippen LogP contribution in [-0.2, 0) is 4.74 Å². The topological polar surface area (TPSA) is 35.2 Å². The average molecular weight is 239 g/mol. The number of thiophene rings is 1. The smallest absolute Gasteiger partial charge is 0.360 e. The monoisotopic (exact) mass is 239 g/mol. The molecule has 0 saturated heterocycles. The third-order valence-electron chi connectivity index (χ3n) is 1.96. The summed E-state index contributed by atoms with van der Waals surface area (Å²) in [6.07, 6.45) is -6.83. The summed E-state index contributed by atoms with van der Waals surface area (Å²) in [4.78, 5) is 0. The molecule has 1 rings (SSSR count). The fourth-order valence-electron chi connectivity index (χ4n) is 1.05. The molecule has 0 spiro atoms. The van der Waals surface area contributed by atoms with E-state index in [1.165, 1.54) is 11.3 Å². The minimum atomic E-state index is -4.34. The van der Waals surface area contributed by atoms with Gasteiger partial charge in [0.05, 0.1) is 6.10 Å². The van der Waals surface area contributed by atoms with Crippen molar-refractivity contribution in [3.05, 3.63) is 22.4 Å². The van der Waals surface area contributed by atoms with Gasteiger partial charge < -0.3 is 10.5 Å². The zero-order valence-electron chi connectivity index (χ0n) is 8.12. The van der Waals surface area contributed by atoms with Gasteiger partial charge in [0.1, 0.15) is 0 Å². The normalized spacial score (nSPS) is 16.3. The van der Waals surface area contributed by atoms with Crippen molar-refractivity contribution in [1.29, 1.82) is 0 Å². The first kappa shape index (κ1) is 12.5. The Morgan fingerprint density at radius 2 is 2.20 bits per heavy atom. The number of ether oxygens (including phenoxy) is 1. The minimum absolute atomic E-state index is 0.0388. The first-order valence-corrected chi connectivity index (χ1v) is 5.33. The second-order valence-corrected chi connectivity index (χ2v) is 3.88. The van der Waals surface area contributed by atoms with E-state index in [0.717, 1.165) is 6.92 Å². The van der Waals surface area contributed by atoms with Gasteiger partial charge in [0, 0.05) is 6.54 Å². The molecule has 2 N–H and O–H groups in total. The molecule has 0 aliphatic carbocycles. The predicted octanol–water partition coefficient (Wildman–Crippen LogP) is 2.72.